The van der Waals surface area contributed by atoms with Gasteiger partial charge in [0.2, 0.25) is 0 Å². The van der Waals surface area contributed by atoms with Crippen LogP contribution in [0.1, 0.15) is 298 Å². The van der Waals surface area contributed by atoms with E-state index in [0.29, 0.717) is 19.3 Å². The van der Waals surface area contributed by atoms with Crippen LogP contribution in [0.25, 0.3) is 0 Å². The third kappa shape index (κ3) is 47.7. The lowest BCUT2D eigenvalue weighted by Crippen LogP contribution is -2.30. The van der Waals surface area contributed by atoms with E-state index in [1.54, 1.807) is 0 Å². The van der Waals surface area contributed by atoms with Crippen LogP contribution < -0.4 is 0 Å². The molecule has 362 valence electrons. The Hall–Kier alpha value is -1.59. The Labute approximate surface area is 380 Å². The van der Waals surface area contributed by atoms with Crippen molar-refractivity contribution in [2.24, 2.45) is 17.8 Å². The molecular formula is C55H106O6. The summed E-state index contributed by atoms with van der Waals surface area (Å²) in [7, 11) is 0. The van der Waals surface area contributed by atoms with Crippen molar-refractivity contribution in [3.8, 4) is 0 Å². The fourth-order valence-electron chi connectivity index (χ4n) is 8.26. The van der Waals surface area contributed by atoms with Crippen molar-refractivity contribution < 1.29 is 28.6 Å². The van der Waals surface area contributed by atoms with E-state index in [9.17, 15) is 14.4 Å². The maximum absolute atomic E-state index is 12.8. The van der Waals surface area contributed by atoms with Crippen molar-refractivity contribution in [1.29, 1.82) is 0 Å². The molecule has 0 saturated carbocycles. The molecule has 2 atom stereocenters. The number of carbonyl (C=O) groups excluding carboxylic acids is 3. The Morgan fingerprint density at radius 1 is 0.328 bits per heavy atom. The van der Waals surface area contributed by atoms with Crippen LogP contribution in [0, 0.1) is 17.8 Å². The second kappa shape index (κ2) is 46.4. The minimum Gasteiger partial charge on any atom is -0.462 e. The van der Waals surface area contributed by atoms with E-state index in [4.69, 9.17) is 14.2 Å². The van der Waals surface area contributed by atoms with Gasteiger partial charge in [0.05, 0.1) is 0 Å². The first-order valence-corrected chi connectivity index (χ1v) is 27.1. The van der Waals surface area contributed by atoms with Crippen molar-refractivity contribution in [2.75, 3.05) is 13.2 Å². The molecule has 0 aromatic rings. The van der Waals surface area contributed by atoms with Crippen LogP contribution in [-0.2, 0) is 28.6 Å². The molecule has 0 aromatic heterocycles. The average Bonchev–Trinajstić information content (AvgIpc) is 3.23. The SMILES string of the molecule is CCC(C)CCCCCCCCC(=O)OC[C@@H](COC(=O)CCCCCCCCCCCCCC(C)C)OC(=O)CCCCCCCCCCCCCCCCCCC(C)C. The molecule has 0 spiro atoms. The minimum atomic E-state index is -0.763. The first-order chi connectivity index (χ1) is 29.6. The van der Waals surface area contributed by atoms with Crippen LogP contribution in [0.4, 0.5) is 0 Å². The van der Waals surface area contributed by atoms with Crippen LogP contribution in [0.2, 0.25) is 0 Å². The van der Waals surface area contributed by atoms with Gasteiger partial charge in [0.25, 0.3) is 0 Å². The fraction of sp³-hybridized carbons (Fsp3) is 0.945. The van der Waals surface area contributed by atoms with Crippen molar-refractivity contribution >= 4 is 17.9 Å². The molecule has 0 bridgehead atoms. The number of carbonyl (C=O) groups is 3. The van der Waals surface area contributed by atoms with Gasteiger partial charge in [-0.25, -0.2) is 0 Å². The third-order valence-corrected chi connectivity index (χ3v) is 12.8. The van der Waals surface area contributed by atoms with Gasteiger partial charge < -0.3 is 14.2 Å². The molecule has 0 aliphatic carbocycles. The first kappa shape index (κ1) is 59.4. The van der Waals surface area contributed by atoms with Gasteiger partial charge in [-0.15, -0.1) is 0 Å². The molecule has 0 radical (unpaired) electrons. The highest BCUT2D eigenvalue weighted by Crippen LogP contribution is 2.18. The van der Waals surface area contributed by atoms with E-state index in [-0.39, 0.29) is 31.1 Å². The van der Waals surface area contributed by atoms with Crippen LogP contribution in [0.3, 0.4) is 0 Å². The van der Waals surface area contributed by atoms with Crippen LogP contribution in [0.5, 0.6) is 0 Å². The lowest BCUT2D eigenvalue weighted by atomic mass is 10.00. The summed E-state index contributed by atoms with van der Waals surface area (Å²) in [6.45, 7) is 13.7. The monoisotopic (exact) mass is 863 g/mol. The molecule has 0 aliphatic rings. The van der Waals surface area contributed by atoms with Gasteiger partial charge in [-0.3, -0.25) is 14.4 Å². The summed E-state index contributed by atoms with van der Waals surface area (Å²) in [5.74, 6) is 1.64. The molecule has 0 fully saturated rings. The molecule has 0 saturated heterocycles. The Bertz CT molecular complexity index is 947. The van der Waals surface area contributed by atoms with Crippen LogP contribution >= 0.6 is 0 Å². The summed E-state index contributed by atoms with van der Waals surface area (Å²) >= 11 is 0. The Balaban J connectivity index is 4.27. The zero-order valence-electron chi connectivity index (χ0n) is 42.0. The molecule has 0 N–H and O–H groups in total. The molecule has 1 unspecified atom stereocenters. The minimum absolute atomic E-state index is 0.0649. The standard InChI is InChI=1S/C55H106O6/c1-7-51(6)43-37-31-27-28-33-39-45-54(57)60-48-52(47-59-53(56)44-38-32-25-21-18-14-16-20-24-30-36-42-50(4)5)61-55(58)46-40-34-26-22-17-13-11-9-8-10-12-15-19-23-29-35-41-49(2)3/h49-52H,7-48H2,1-6H3/t51?,52-/m1/s1. The van der Waals surface area contributed by atoms with Crippen molar-refractivity contribution in [2.45, 2.75) is 304 Å². The van der Waals surface area contributed by atoms with E-state index >= 15 is 0 Å². The smallest absolute Gasteiger partial charge is 0.306 e. The summed E-state index contributed by atoms with van der Waals surface area (Å²) in [6.07, 6.45) is 46.7. The van der Waals surface area contributed by atoms with Crippen LogP contribution in [0.15, 0.2) is 0 Å². The van der Waals surface area contributed by atoms with Gasteiger partial charge in [0.15, 0.2) is 6.10 Å². The Morgan fingerprint density at radius 3 is 0.852 bits per heavy atom. The summed E-state index contributed by atoms with van der Waals surface area (Å²) < 4.78 is 16.8. The van der Waals surface area contributed by atoms with Gasteiger partial charge >= 0.3 is 17.9 Å². The van der Waals surface area contributed by atoms with E-state index in [0.717, 1.165) is 75.5 Å². The molecule has 61 heavy (non-hydrogen) atoms. The second-order valence-corrected chi connectivity index (χ2v) is 20.1. The lowest BCUT2D eigenvalue weighted by Gasteiger charge is -2.18. The first-order valence-electron chi connectivity index (χ1n) is 27.1. The quantitative estimate of drug-likeness (QED) is 0.0344. The maximum atomic E-state index is 12.8. The fourth-order valence-corrected chi connectivity index (χ4v) is 8.26. The van der Waals surface area contributed by atoms with E-state index in [1.165, 1.54) is 180 Å². The summed E-state index contributed by atoms with van der Waals surface area (Å²) in [4.78, 5) is 38.0. The van der Waals surface area contributed by atoms with Crippen LogP contribution in [-0.4, -0.2) is 37.2 Å². The molecule has 6 heteroatoms. The number of ether oxygens (including phenoxy) is 3. The summed E-state index contributed by atoms with van der Waals surface area (Å²) in [6, 6.07) is 0. The second-order valence-electron chi connectivity index (χ2n) is 20.1. The molecule has 0 amide bonds. The Kier molecular flexibility index (Phi) is 45.2. The van der Waals surface area contributed by atoms with E-state index in [2.05, 4.69) is 41.5 Å². The van der Waals surface area contributed by atoms with E-state index < -0.39 is 6.10 Å². The van der Waals surface area contributed by atoms with Crippen molar-refractivity contribution in [1.82, 2.24) is 0 Å². The zero-order chi connectivity index (χ0) is 44.9. The molecule has 0 aliphatic heterocycles. The van der Waals surface area contributed by atoms with Gasteiger partial charge in [0.1, 0.15) is 13.2 Å². The number of hydrogen-bond acceptors (Lipinski definition) is 6. The van der Waals surface area contributed by atoms with Gasteiger partial charge in [-0.05, 0) is 37.0 Å². The molecule has 0 aromatic carbocycles. The highest BCUT2D eigenvalue weighted by Gasteiger charge is 2.19. The predicted molar refractivity (Wildman–Crippen MR) is 261 cm³/mol. The number of esters is 3. The summed E-state index contributed by atoms with van der Waals surface area (Å²) in [5, 5.41) is 0. The summed E-state index contributed by atoms with van der Waals surface area (Å²) in [5.41, 5.74) is 0. The highest BCUT2D eigenvalue weighted by molar-refractivity contribution is 5.71. The zero-order valence-corrected chi connectivity index (χ0v) is 42.0. The predicted octanol–water partition coefficient (Wildman–Crippen LogP) is 17.6. The maximum Gasteiger partial charge on any atom is 0.306 e. The lowest BCUT2D eigenvalue weighted by molar-refractivity contribution is -0.167. The number of rotatable bonds is 48. The average molecular weight is 863 g/mol. The topological polar surface area (TPSA) is 78.9 Å². The molecule has 0 rings (SSSR count). The number of hydrogen-bond donors (Lipinski definition) is 0. The van der Waals surface area contributed by atoms with Crippen molar-refractivity contribution in [3.63, 3.8) is 0 Å². The van der Waals surface area contributed by atoms with Crippen molar-refractivity contribution in [3.05, 3.63) is 0 Å². The molecule has 0 heterocycles. The van der Waals surface area contributed by atoms with Gasteiger partial charge in [-0.1, -0.05) is 260 Å². The Morgan fingerprint density at radius 2 is 0.574 bits per heavy atom. The normalized spacial score (nSPS) is 12.6. The largest absolute Gasteiger partial charge is 0.462 e. The van der Waals surface area contributed by atoms with Gasteiger partial charge in [-0.2, -0.15) is 0 Å². The third-order valence-electron chi connectivity index (χ3n) is 12.8. The molecular weight excluding hydrogens is 757 g/mol. The molecule has 6 nitrogen and oxygen atoms in total. The van der Waals surface area contributed by atoms with Gasteiger partial charge in [0, 0.05) is 19.3 Å². The highest BCUT2D eigenvalue weighted by atomic mass is 16.6. The van der Waals surface area contributed by atoms with E-state index in [1.807, 2.05) is 0 Å². The number of unbranched alkanes of at least 4 members (excludes halogenated alkanes) is 30.